The first-order chi connectivity index (χ1) is 44.8. The Labute approximate surface area is 557 Å². The molecule has 0 radical (unpaired) electrons. The second kappa shape index (κ2) is 55.6. The van der Waals surface area contributed by atoms with Crippen LogP contribution in [-0.2, 0) is 33.2 Å². The van der Waals surface area contributed by atoms with Crippen molar-refractivity contribution in [2.75, 3.05) is 26.4 Å². The van der Waals surface area contributed by atoms with E-state index in [0.29, 0.717) is 12.8 Å². The highest BCUT2D eigenvalue weighted by atomic mass is 16.8. The fourth-order valence-corrected chi connectivity index (χ4v) is 13.5. The third kappa shape index (κ3) is 36.6. The zero-order valence-electron chi connectivity index (χ0n) is 58.1. The normalized spacial score (nSPS) is 27.6. The van der Waals surface area contributed by atoms with E-state index in [1.165, 1.54) is 250 Å². The van der Waals surface area contributed by atoms with Crippen molar-refractivity contribution in [1.29, 1.82) is 0 Å². The van der Waals surface area contributed by atoms with Crippen LogP contribution in [0.4, 0.5) is 0 Å². The Morgan fingerprint density at radius 1 is 0.348 bits per heavy atom. The molecule has 3 aliphatic rings. The van der Waals surface area contributed by atoms with Crippen LogP contribution in [0.2, 0.25) is 0 Å². The zero-order valence-corrected chi connectivity index (χ0v) is 58.1. The molecule has 0 aliphatic carbocycles. The average Bonchev–Trinajstić information content (AvgIpc) is 0.834. The summed E-state index contributed by atoms with van der Waals surface area (Å²) in [6.07, 6.45) is 34.9. The molecular weight excluding hydrogens is 1180 g/mol. The SMILES string of the molecule is CCCCCCCCCCCCCCCCCCCCCCCCCCCCCCCCCC(=O)NC(COC1OC(CO)C(OC2OC(CO)C(OC3OC(CO)C(O)C(O)C3O)C(O)C2O)C(O)C1O)C(O)CCCCCCCCCCCCCCCCCC. The lowest BCUT2D eigenvalue weighted by Gasteiger charge is -2.48. The van der Waals surface area contributed by atoms with Gasteiger partial charge in [0, 0.05) is 6.42 Å². The van der Waals surface area contributed by atoms with Crippen LogP contribution in [0.5, 0.6) is 0 Å². The Hall–Kier alpha value is -1.21. The molecule has 3 saturated heterocycles. The van der Waals surface area contributed by atoms with Gasteiger partial charge in [0.15, 0.2) is 18.9 Å². The molecule has 12 N–H and O–H groups in total. The van der Waals surface area contributed by atoms with Gasteiger partial charge in [-0.2, -0.15) is 0 Å². The summed E-state index contributed by atoms with van der Waals surface area (Å²) in [5.74, 6) is -0.234. The van der Waals surface area contributed by atoms with E-state index in [4.69, 9.17) is 28.4 Å². The van der Waals surface area contributed by atoms with Crippen LogP contribution in [0.15, 0.2) is 0 Å². The average molecular weight is 1320 g/mol. The maximum Gasteiger partial charge on any atom is 0.220 e. The fourth-order valence-electron chi connectivity index (χ4n) is 13.5. The van der Waals surface area contributed by atoms with Crippen molar-refractivity contribution < 1.29 is 89.4 Å². The Morgan fingerprint density at radius 2 is 0.620 bits per heavy atom. The second-order valence-corrected chi connectivity index (χ2v) is 27.8. The number of ether oxygens (including phenoxy) is 6. The predicted molar refractivity (Wildman–Crippen MR) is 361 cm³/mol. The van der Waals surface area contributed by atoms with E-state index in [1.54, 1.807) is 0 Å². The number of unbranched alkanes of at least 4 members (excludes halogenated alkanes) is 45. The van der Waals surface area contributed by atoms with Crippen molar-refractivity contribution >= 4 is 5.91 Å². The number of carbonyl (C=O) groups excluding carboxylic acids is 1. The molecule has 17 atom stereocenters. The molecule has 3 aliphatic heterocycles. The number of aliphatic hydroxyl groups is 11. The van der Waals surface area contributed by atoms with Crippen LogP contribution in [-0.4, -0.2) is 193 Å². The van der Waals surface area contributed by atoms with Crippen LogP contribution in [0.3, 0.4) is 0 Å². The van der Waals surface area contributed by atoms with E-state index >= 15 is 0 Å². The van der Waals surface area contributed by atoms with Gasteiger partial charge in [0.1, 0.15) is 73.2 Å². The molecular formula is C73H141NO18. The van der Waals surface area contributed by atoms with Crippen molar-refractivity contribution in [1.82, 2.24) is 5.32 Å². The van der Waals surface area contributed by atoms with Gasteiger partial charge in [-0.3, -0.25) is 4.79 Å². The van der Waals surface area contributed by atoms with Crippen molar-refractivity contribution in [3.8, 4) is 0 Å². The molecule has 0 aromatic heterocycles. The third-order valence-corrected chi connectivity index (χ3v) is 19.7. The summed E-state index contributed by atoms with van der Waals surface area (Å²) in [7, 11) is 0. The van der Waals surface area contributed by atoms with E-state index in [1.807, 2.05) is 0 Å². The first-order valence-corrected chi connectivity index (χ1v) is 38.3. The summed E-state index contributed by atoms with van der Waals surface area (Å²) in [6, 6.07) is -0.882. The molecule has 0 aromatic carbocycles. The van der Waals surface area contributed by atoms with Gasteiger partial charge in [-0.25, -0.2) is 0 Å². The first-order valence-electron chi connectivity index (χ1n) is 38.3. The highest BCUT2D eigenvalue weighted by molar-refractivity contribution is 5.76. The van der Waals surface area contributed by atoms with Gasteiger partial charge in [-0.05, 0) is 12.8 Å². The molecule has 0 saturated carbocycles. The number of aliphatic hydroxyl groups excluding tert-OH is 11. The Balaban J connectivity index is 1.35. The number of carbonyl (C=O) groups is 1. The quantitative estimate of drug-likeness (QED) is 0.0252. The standard InChI is InChI=1S/C73H141NO18/c1-3-5-7-9-11-13-15-17-19-21-22-23-24-25-26-27-28-29-30-31-32-33-34-35-37-39-41-43-45-47-49-51-61(79)74-56(57(78)50-48-46-44-42-40-38-36-20-18-16-14-12-10-8-6-4-2)55-87-71-67(85)64(82)69(59(53-76)89-71)92-73-68(86)65(83)70(60(54-77)90-73)91-72-66(84)63(81)62(80)58(52-75)88-72/h56-60,62-73,75-78,80-86H,3-55H2,1-2H3,(H,74,79). The number of rotatable bonds is 61. The molecule has 3 fully saturated rings. The molecule has 3 rings (SSSR count). The lowest BCUT2D eigenvalue weighted by atomic mass is 9.96. The van der Waals surface area contributed by atoms with E-state index in [-0.39, 0.29) is 18.9 Å². The molecule has 17 unspecified atom stereocenters. The van der Waals surface area contributed by atoms with Crippen molar-refractivity contribution in [2.45, 2.75) is 433 Å². The Kier molecular flexibility index (Phi) is 51.4. The second-order valence-electron chi connectivity index (χ2n) is 27.8. The largest absolute Gasteiger partial charge is 0.394 e. The van der Waals surface area contributed by atoms with Gasteiger partial charge < -0.3 is 89.9 Å². The van der Waals surface area contributed by atoms with E-state index in [2.05, 4.69) is 19.2 Å². The number of hydrogen-bond acceptors (Lipinski definition) is 18. The molecule has 19 nitrogen and oxygen atoms in total. The maximum atomic E-state index is 13.5. The molecule has 0 aromatic rings. The number of hydrogen-bond donors (Lipinski definition) is 12. The summed E-state index contributed by atoms with van der Waals surface area (Å²) >= 11 is 0. The van der Waals surface area contributed by atoms with E-state index < -0.39 is 124 Å². The number of nitrogens with one attached hydrogen (secondary N) is 1. The maximum absolute atomic E-state index is 13.5. The Bertz CT molecular complexity index is 1670. The van der Waals surface area contributed by atoms with Gasteiger partial charge in [-0.15, -0.1) is 0 Å². The van der Waals surface area contributed by atoms with Crippen molar-refractivity contribution in [3.05, 3.63) is 0 Å². The van der Waals surface area contributed by atoms with Crippen LogP contribution in [0, 0.1) is 0 Å². The van der Waals surface area contributed by atoms with Gasteiger partial charge in [0.25, 0.3) is 0 Å². The zero-order chi connectivity index (χ0) is 66.8. The van der Waals surface area contributed by atoms with Crippen LogP contribution >= 0.6 is 0 Å². The highest BCUT2D eigenvalue weighted by Crippen LogP contribution is 2.33. The van der Waals surface area contributed by atoms with Crippen LogP contribution in [0.25, 0.3) is 0 Å². The lowest BCUT2D eigenvalue weighted by Crippen LogP contribution is -2.66. The molecule has 0 bridgehead atoms. The monoisotopic (exact) mass is 1320 g/mol. The lowest BCUT2D eigenvalue weighted by molar-refractivity contribution is -0.379. The van der Waals surface area contributed by atoms with Gasteiger partial charge in [-0.1, -0.05) is 309 Å². The number of amides is 1. The van der Waals surface area contributed by atoms with Crippen molar-refractivity contribution in [3.63, 3.8) is 0 Å². The minimum Gasteiger partial charge on any atom is -0.394 e. The topological polar surface area (TPSA) is 307 Å². The summed E-state index contributed by atoms with van der Waals surface area (Å²) in [5.41, 5.74) is 0. The predicted octanol–water partition coefficient (Wildman–Crippen LogP) is 11.5. The highest BCUT2D eigenvalue weighted by Gasteiger charge is 2.53. The molecule has 0 spiro atoms. The van der Waals surface area contributed by atoms with E-state index in [0.717, 1.165) is 44.9 Å². The molecule has 1 amide bonds. The molecule has 546 valence electrons. The third-order valence-electron chi connectivity index (χ3n) is 19.7. The first kappa shape index (κ1) is 85.0. The smallest absolute Gasteiger partial charge is 0.220 e. The summed E-state index contributed by atoms with van der Waals surface area (Å²) < 4.78 is 34.5. The van der Waals surface area contributed by atoms with Crippen LogP contribution in [0.1, 0.15) is 328 Å². The summed E-state index contributed by atoms with van der Waals surface area (Å²) in [5, 5.41) is 121. The van der Waals surface area contributed by atoms with Gasteiger partial charge >= 0.3 is 0 Å². The van der Waals surface area contributed by atoms with Crippen molar-refractivity contribution in [2.24, 2.45) is 0 Å². The molecule has 3 heterocycles. The van der Waals surface area contributed by atoms with Gasteiger partial charge in [0.2, 0.25) is 5.91 Å². The molecule has 19 heteroatoms. The van der Waals surface area contributed by atoms with Gasteiger partial charge in [0.05, 0.1) is 38.6 Å². The fraction of sp³-hybridized carbons (Fsp3) is 0.986. The Morgan fingerprint density at radius 3 is 0.946 bits per heavy atom. The molecule has 92 heavy (non-hydrogen) atoms. The van der Waals surface area contributed by atoms with Crippen LogP contribution < -0.4 is 5.32 Å². The van der Waals surface area contributed by atoms with E-state index in [9.17, 15) is 61.0 Å². The minimum atomic E-state index is -1.97. The minimum absolute atomic E-state index is 0.234. The summed E-state index contributed by atoms with van der Waals surface area (Å²) in [4.78, 5) is 13.5. The summed E-state index contributed by atoms with van der Waals surface area (Å²) in [6.45, 7) is 1.85.